The predicted molar refractivity (Wildman–Crippen MR) is 168 cm³/mol. The number of methoxy groups -OCH3 is 2. The molecule has 4 aromatic rings. The molecule has 46 heavy (non-hydrogen) atoms. The molecule has 4 atom stereocenters. The molecule has 0 spiro atoms. The van der Waals surface area contributed by atoms with Crippen molar-refractivity contribution in [2.45, 2.75) is 30.6 Å². The number of rotatable bonds is 10. The topological polar surface area (TPSA) is 148 Å². The van der Waals surface area contributed by atoms with Gasteiger partial charge in [0.1, 0.15) is 40.6 Å². The van der Waals surface area contributed by atoms with Crippen LogP contribution in [0.3, 0.4) is 0 Å². The van der Waals surface area contributed by atoms with E-state index >= 15 is 0 Å². The number of para-hydroxylation sites is 2. The molecule has 6 rings (SSSR count). The molecule has 2 heterocycles. The molecule has 11 heteroatoms. The van der Waals surface area contributed by atoms with Crippen molar-refractivity contribution in [3.8, 4) is 17.2 Å². The van der Waals surface area contributed by atoms with Gasteiger partial charge in [-0.3, -0.25) is 9.59 Å². The van der Waals surface area contributed by atoms with Crippen molar-refractivity contribution in [3.05, 3.63) is 112 Å². The van der Waals surface area contributed by atoms with Gasteiger partial charge >= 0.3 is 5.63 Å². The van der Waals surface area contributed by atoms with E-state index in [0.29, 0.717) is 28.2 Å². The lowest BCUT2D eigenvalue weighted by Gasteiger charge is -2.40. The number of ether oxygens (including phenoxy) is 3. The van der Waals surface area contributed by atoms with Crippen molar-refractivity contribution >= 4 is 22.8 Å². The van der Waals surface area contributed by atoms with Gasteiger partial charge in [-0.05, 0) is 54.5 Å². The molecule has 2 aliphatic rings. The Hall–Kier alpha value is -5.13. The van der Waals surface area contributed by atoms with Crippen LogP contribution in [0.25, 0.3) is 11.0 Å². The molecule has 0 saturated heterocycles. The second-order valence-corrected chi connectivity index (χ2v) is 11.1. The monoisotopic (exact) mass is 626 g/mol. The minimum absolute atomic E-state index is 0.0136. The van der Waals surface area contributed by atoms with Crippen molar-refractivity contribution in [1.29, 1.82) is 0 Å². The lowest BCUT2D eigenvalue weighted by atomic mass is 9.77. The summed E-state index contributed by atoms with van der Waals surface area (Å²) in [4.78, 5) is 42.5. The Morgan fingerprint density at radius 1 is 1.00 bits per heavy atom. The van der Waals surface area contributed by atoms with Gasteiger partial charge in [-0.2, -0.15) is 0 Å². The largest absolute Gasteiger partial charge is 0.497 e. The highest BCUT2D eigenvalue weighted by Crippen LogP contribution is 2.47. The number of carbonyl (C=O) groups is 2. The molecule has 1 aliphatic heterocycles. The lowest BCUT2D eigenvalue weighted by molar-refractivity contribution is -0.118. The van der Waals surface area contributed by atoms with Crippen LogP contribution < -0.4 is 25.2 Å². The van der Waals surface area contributed by atoms with E-state index in [-0.39, 0.29) is 37.3 Å². The summed E-state index contributed by atoms with van der Waals surface area (Å²) < 4.78 is 22.7. The van der Waals surface area contributed by atoms with E-state index in [9.17, 15) is 24.6 Å². The summed E-state index contributed by atoms with van der Waals surface area (Å²) in [6.45, 7) is -0.237. The zero-order chi connectivity index (χ0) is 32.4. The summed E-state index contributed by atoms with van der Waals surface area (Å²) in [7, 11) is 3.08. The molecule has 238 valence electrons. The predicted octanol–water partition coefficient (Wildman–Crippen LogP) is 2.82. The summed E-state index contributed by atoms with van der Waals surface area (Å²) in [5.74, 6) is -0.102. The van der Waals surface area contributed by atoms with E-state index in [0.717, 1.165) is 11.1 Å². The molecular weight excluding hydrogens is 592 g/mol. The summed E-state index contributed by atoms with van der Waals surface area (Å²) in [5, 5.41) is 24.5. The van der Waals surface area contributed by atoms with Gasteiger partial charge in [0.15, 0.2) is 0 Å². The van der Waals surface area contributed by atoms with Gasteiger partial charge in [0.2, 0.25) is 5.91 Å². The Kier molecular flexibility index (Phi) is 8.78. The fourth-order valence-corrected chi connectivity index (χ4v) is 6.26. The highest BCUT2D eigenvalue weighted by atomic mass is 16.5. The first-order chi connectivity index (χ1) is 22.3. The number of nitrogens with one attached hydrogen (secondary N) is 1. The van der Waals surface area contributed by atoms with Crippen LogP contribution >= 0.6 is 0 Å². The van der Waals surface area contributed by atoms with Crippen LogP contribution in [0.1, 0.15) is 27.4 Å². The highest BCUT2D eigenvalue weighted by molar-refractivity contribution is 5.98. The molecule has 3 aromatic carbocycles. The van der Waals surface area contributed by atoms with Gasteiger partial charge in [0, 0.05) is 29.6 Å². The molecule has 0 radical (unpaired) electrons. The smallest absolute Gasteiger partial charge is 0.349 e. The van der Waals surface area contributed by atoms with Gasteiger partial charge < -0.3 is 39.1 Å². The average molecular weight is 627 g/mol. The van der Waals surface area contributed by atoms with Crippen molar-refractivity contribution < 1.29 is 38.4 Å². The normalized spacial score (nSPS) is 19.8. The first kappa shape index (κ1) is 30.9. The summed E-state index contributed by atoms with van der Waals surface area (Å²) in [6, 6.07) is 19.8. The van der Waals surface area contributed by atoms with E-state index in [1.807, 2.05) is 12.1 Å². The van der Waals surface area contributed by atoms with Crippen molar-refractivity contribution in [2.24, 2.45) is 0 Å². The lowest BCUT2D eigenvalue weighted by Crippen LogP contribution is -2.56. The minimum Gasteiger partial charge on any atom is -0.497 e. The number of hydrogen-bond acceptors (Lipinski definition) is 9. The van der Waals surface area contributed by atoms with Crippen LogP contribution in [0.4, 0.5) is 0 Å². The number of benzene rings is 3. The molecule has 1 aliphatic carbocycles. The van der Waals surface area contributed by atoms with Crippen molar-refractivity contribution in [3.63, 3.8) is 0 Å². The molecule has 3 N–H and O–H groups in total. The third kappa shape index (κ3) is 5.70. The van der Waals surface area contributed by atoms with E-state index < -0.39 is 41.6 Å². The summed E-state index contributed by atoms with van der Waals surface area (Å²) >= 11 is 0. The summed E-state index contributed by atoms with van der Waals surface area (Å²) in [6.07, 6.45) is -0.371. The van der Waals surface area contributed by atoms with Crippen molar-refractivity contribution in [2.75, 3.05) is 33.9 Å². The first-order valence-corrected chi connectivity index (χ1v) is 14.9. The molecule has 0 fully saturated rings. The van der Waals surface area contributed by atoms with Crippen LogP contribution in [0.15, 0.2) is 93.7 Å². The van der Waals surface area contributed by atoms with E-state index in [4.69, 9.17) is 18.6 Å². The molecule has 1 aromatic heterocycles. The van der Waals surface area contributed by atoms with Crippen LogP contribution in [0, 0.1) is 0 Å². The number of hydrogen-bond donors (Lipinski definition) is 3. The molecule has 4 unspecified atom stereocenters. The second kappa shape index (κ2) is 13.1. The quantitative estimate of drug-likeness (QED) is 0.226. The van der Waals surface area contributed by atoms with E-state index in [1.165, 1.54) is 18.1 Å². The maximum absolute atomic E-state index is 14.4. The van der Waals surface area contributed by atoms with E-state index in [2.05, 4.69) is 5.32 Å². The van der Waals surface area contributed by atoms with Crippen LogP contribution in [-0.4, -0.2) is 79.1 Å². The summed E-state index contributed by atoms with van der Waals surface area (Å²) in [5.41, 5.74) is 1.01. The average Bonchev–Trinajstić information content (AvgIpc) is 3.47. The number of aliphatic hydroxyl groups excluding tert-OH is 2. The van der Waals surface area contributed by atoms with Crippen LogP contribution in [0.5, 0.6) is 17.2 Å². The fraction of sp³-hybridized carbons (Fsp3) is 0.286. The molecular formula is C35H34N2O9. The van der Waals surface area contributed by atoms with Gasteiger partial charge in [-0.1, -0.05) is 36.4 Å². The maximum Gasteiger partial charge on any atom is 0.349 e. The molecule has 0 saturated carbocycles. The van der Waals surface area contributed by atoms with Crippen molar-refractivity contribution in [1.82, 2.24) is 10.2 Å². The minimum atomic E-state index is -1.28. The Morgan fingerprint density at radius 3 is 2.57 bits per heavy atom. The Labute approximate surface area is 264 Å². The number of nitrogens with zero attached hydrogens (tertiary/aromatic N) is 1. The zero-order valence-corrected chi connectivity index (χ0v) is 25.3. The third-order valence-corrected chi connectivity index (χ3v) is 8.48. The standard InChI is InChI=1S/C35H34N2O9/c1-43-22-11-12-27(44-2)21(17-22)13-15-37(34(41)25-18-20-7-3-5-9-28(20)46-35(25)42)26-19-24(33(40)36-14-16-38)30-23-8-4-6-10-29(23)45-32(30)31(26)39/h3-12,17-19,26,30-32,38-39H,13-16H2,1-2H3,(H,36,40). The maximum atomic E-state index is 14.4. The Morgan fingerprint density at radius 2 is 1.78 bits per heavy atom. The molecule has 11 nitrogen and oxygen atoms in total. The Balaban J connectivity index is 1.45. The van der Waals surface area contributed by atoms with Gasteiger partial charge in [-0.25, -0.2) is 4.79 Å². The number of fused-ring (bicyclic) bond motifs is 4. The van der Waals surface area contributed by atoms with Crippen LogP contribution in [-0.2, 0) is 11.2 Å². The van der Waals surface area contributed by atoms with Crippen LogP contribution in [0.2, 0.25) is 0 Å². The fourth-order valence-electron chi connectivity index (χ4n) is 6.26. The number of amides is 2. The van der Waals surface area contributed by atoms with Gasteiger partial charge in [0.25, 0.3) is 5.91 Å². The zero-order valence-electron chi connectivity index (χ0n) is 25.3. The van der Waals surface area contributed by atoms with Gasteiger partial charge in [0.05, 0.1) is 32.8 Å². The molecule has 2 amide bonds. The number of carbonyl (C=O) groups excluding carboxylic acids is 2. The third-order valence-electron chi connectivity index (χ3n) is 8.48. The Bertz CT molecular complexity index is 1870. The second-order valence-electron chi connectivity index (χ2n) is 11.1. The van der Waals surface area contributed by atoms with Gasteiger partial charge in [-0.15, -0.1) is 0 Å². The molecule has 0 bridgehead atoms. The first-order valence-electron chi connectivity index (χ1n) is 14.9. The number of aliphatic hydroxyl groups is 2. The SMILES string of the molecule is COc1ccc(OC)c(CCN(C(=O)c2cc3ccccc3oc2=O)C2C=C(C(=O)NCCO)C3c4ccccc4OC3C2O)c1. The van der Waals surface area contributed by atoms with E-state index in [1.54, 1.807) is 67.8 Å². The highest BCUT2D eigenvalue weighted by Gasteiger charge is 2.50.